The van der Waals surface area contributed by atoms with Gasteiger partial charge in [0.25, 0.3) is 0 Å². The second kappa shape index (κ2) is 4.33. The number of aryl methyl sites for hydroxylation is 2. The molecule has 0 bridgehead atoms. The molecule has 1 saturated heterocycles. The van der Waals surface area contributed by atoms with E-state index in [0.717, 1.165) is 24.4 Å². The molecule has 0 aliphatic carbocycles. The van der Waals surface area contributed by atoms with Gasteiger partial charge in [-0.2, -0.15) is 5.10 Å². The summed E-state index contributed by atoms with van der Waals surface area (Å²) in [7, 11) is 0. The van der Waals surface area contributed by atoms with Gasteiger partial charge >= 0.3 is 0 Å². The fourth-order valence-corrected chi connectivity index (χ4v) is 2.04. The number of ether oxygens (including phenoxy) is 1. The summed E-state index contributed by atoms with van der Waals surface area (Å²) in [5.41, 5.74) is 2.10. The van der Waals surface area contributed by atoms with Crippen molar-refractivity contribution in [3.05, 3.63) is 17.5 Å². The molecule has 2 atom stereocenters. The number of hydrogen-bond acceptors (Lipinski definition) is 3. The van der Waals surface area contributed by atoms with E-state index >= 15 is 0 Å². The van der Waals surface area contributed by atoms with Gasteiger partial charge in [0.2, 0.25) is 0 Å². The zero-order chi connectivity index (χ0) is 10.8. The van der Waals surface area contributed by atoms with E-state index in [1.165, 1.54) is 0 Å². The van der Waals surface area contributed by atoms with E-state index in [-0.39, 0.29) is 12.0 Å². The maximum absolute atomic E-state index is 10.00. The first kappa shape index (κ1) is 10.6. The standard InChI is InChI=1S/C11H18N2O2/c1-8-5-9(2)13(12-8)6-11(14)10-3-4-15-7-10/h5,10-11,14H,3-4,6-7H2,1-2H3. The van der Waals surface area contributed by atoms with Gasteiger partial charge in [-0.25, -0.2) is 0 Å². The fraction of sp³-hybridized carbons (Fsp3) is 0.727. The van der Waals surface area contributed by atoms with Crippen molar-refractivity contribution in [2.45, 2.75) is 32.9 Å². The Bertz CT molecular complexity index is 329. The summed E-state index contributed by atoms with van der Waals surface area (Å²) in [6.07, 6.45) is 0.617. The summed E-state index contributed by atoms with van der Waals surface area (Å²) in [6, 6.07) is 2.03. The first-order chi connectivity index (χ1) is 7.16. The molecule has 84 valence electrons. The quantitative estimate of drug-likeness (QED) is 0.806. The highest BCUT2D eigenvalue weighted by Crippen LogP contribution is 2.18. The zero-order valence-corrected chi connectivity index (χ0v) is 9.31. The minimum Gasteiger partial charge on any atom is -0.391 e. The molecule has 0 spiro atoms. The molecule has 0 aromatic carbocycles. The molecule has 0 amide bonds. The molecule has 2 heterocycles. The van der Waals surface area contributed by atoms with Crippen LogP contribution in [-0.2, 0) is 11.3 Å². The summed E-state index contributed by atoms with van der Waals surface area (Å²) >= 11 is 0. The van der Waals surface area contributed by atoms with Crippen LogP contribution in [0.15, 0.2) is 6.07 Å². The van der Waals surface area contributed by atoms with Crippen molar-refractivity contribution in [1.82, 2.24) is 9.78 Å². The Morgan fingerprint density at radius 2 is 2.47 bits per heavy atom. The van der Waals surface area contributed by atoms with Crippen molar-refractivity contribution in [3.63, 3.8) is 0 Å². The summed E-state index contributed by atoms with van der Waals surface area (Å²) < 4.78 is 7.14. The lowest BCUT2D eigenvalue weighted by atomic mass is 10.0. The highest BCUT2D eigenvalue weighted by Gasteiger charge is 2.24. The third kappa shape index (κ3) is 2.38. The van der Waals surface area contributed by atoms with E-state index in [4.69, 9.17) is 4.74 Å². The minimum atomic E-state index is -0.342. The third-order valence-electron chi connectivity index (χ3n) is 2.97. The minimum absolute atomic E-state index is 0.272. The van der Waals surface area contributed by atoms with E-state index in [1.807, 2.05) is 24.6 Å². The summed E-state index contributed by atoms with van der Waals surface area (Å²) in [6.45, 7) is 6.01. The van der Waals surface area contributed by atoms with Gasteiger partial charge in [-0.15, -0.1) is 0 Å². The van der Waals surface area contributed by atoms with Gasteiger partial charge in [0.05, 0.1) is 24.9 Å². The zero-order valence-electron chi connectivity index (χ0n) is 9.31. The first-order valence-corrected chi connectivity index (χ1v) is 5.43. The average molecular weight is 210 g/mol. The molecular formula is C11H18N2O2. The van der Waals surface area contributed by atoms with Crippen molar-refractivity contribution in [3.8, 4) is 0 Å². The van der Waals surface area contributed by atoms with Gasteiger partial charge in [-0.05, 0) is 26.3 Å². The molecule has 2 unspecified atom stereocenters. The van der Waals surface area contributed by atoms with E-state index in [9.17, 15) is 5.11 Å². The Morgan fingerprint density at radius 1 is 1.67 bits per heavy atom. The van der Waals surface area contributed by atoms with Crippen LogP contribution in [0.3, 0.4) is 0 Å². The molecule has 0 radical (unpaired) electrons. The van der Waals surface area contributed by atoms with Gasteiger partial charge in [0, 0.05) is 18.2 Å². The van der Waals surface area contributed by atoms with Crippen molar-refractivity contribution >= 4 is 0 Å². The highest BCUT2D eigenvalue weighted by atomic mass is 16.5. The molecule has 1 fully saturated rings. The lowest BCUT2D eigenvalue weighted by Gasteiger charge is -2.17. The smallest absolute Gasteiger partial charge is 0.0787 e. The van der Waals surface area contributed by atoms with Gasteiger partial charge < -0.3 is 9.84 Å². The van der Waals surface area contributed by atoms with Gasteiger partial charge in [-0.3, -0.25) is 4.68 Å². The Balaban J connectivity index is 1.98. The second-order valence-electron chi connectivity index (χ2n) is 4.30. The number of nitrogens with zero attached hydrogens (tertiary/aromatic N) is 2. The van der Waals surface area contributed by atoms with E-state index in [2.05, 4.69) is 5.10 Å². The van der Waals surface area contributed by atoms with Gasteiger partial charge in [0.15, 0.2) is 0 Å². The summed E-state index contributed by atoms with van der Waals surface area (Å²) in [5, 5.41) is 14.3. The molecular weight excluding hydrogens is 192 g/mol. The van der Waals surface area contributed by atoms with Crippen LogP contribution in [0.2, 0.25) is 0 Å². The van der Waals surface area contributed by atoms with Crippen molar-refractivity contribution in [1.29, 1.82) is 0 Å². The van der Waals surface area contributed by atoms with Crippen LogP contribution < -0.4 is 0 Å². The molecule has 1 N–H and O–H groups in total. The van der Waals surface area contributed by atoms with Crippen LogP contribution >= 0.6 is 0 Å². The number of hydrogen-bond donors (Lipinski definition) is 1. The summed E-state index contributed by atoms with van der Waals surface area (Å²) in [5.74, 6) is 0.272. The van der Waals surface area contributed by atoms with Gasteiger partial charge in [0.1, 0.15) is 0 Å². The number of aromatic nitrogens is 2. The molecule has 4 heteroatoms. The first-order valence-electron chi connectivity index (χ1n) is 5.43. The topological polar surface area (TPSA) is 47.3 Å². The lowest BCUT2D eigenvalue weighted by Crippen LogP contribution is -2.27. The predicted molar refractivity (Wildman–Crippen MR) is 56.6 cm³/mol. The van der Waals surface area contributed by atoms with Crippen LogP contribution in [0.1, 0.15) is 17.8 Å². The molecule has 4 nitrogen and oxygen atoms in total. The second-order valence-corrected chi connectivity index (χ2v) is 4.30. The number of aliphatic hydroxyl groups excluding tert-OH is 1. The van der Waals surface area contributed by atoms with Crippen LogP contribution in [0.25, 0.3) is 0 Å². The van der Waals surface area contributed by atoms with Crippen LogP contribution in [0.4, 0.5) is 0 Å². The average Bonchev–Trinajstić information content (AvgIpc) is 2.76. The van der Waals surface area contributed by atoms with E-state index in [0.29, 0.717) is 13.2 Å². The Morgan fingerprint density at radius 3 is 3.00 bits per heavy atom. The fourth-order valence-electron chi connectivity index (χ4n) is 2.04. The molecule has 0 saturated carbocycles. The number of aliphatic hydroxyl groups is 1. The predicted octanol–water partition coefficient (Wildman–Crippen LogP) is 0.897. The summed E-state index contributed by atoms with van der Waals surface area (Å²) in [4.78, 5) is 0. The molecule has 15 heavy (non-hydrogen) atoms. The number of rotatable bonds is 3. The van der Waals surface area contributed by atoms with Crippen molar-refractivity contribution < 1.29 is 9.84 Å². The molecule has 1 aliphatic rings. The van der Waals surface area contributed by atoms with E-state index in [1.54, 1.807) is 0 Å². The third-order valence-corrected chi connectivity index (χ3v) is 2.97. The molecule has 1 aliphatic heterocycles. The maximum atomic E-state index is 10.00. The molecule has 1 aromatic heterocycles. The Labute approximate surface area is 89.9 Å². The van der Waals surface area contributed by atoms with Crippen molar-refractivity contribution in [2.75, 3.05) is 13.2 Å². The SMILES string of the molecule is Cc1cc(C)n(CC(O)C2CCOC2)n1. The Kier molecular flexibility index (Phi) is 3.07. The maximum Gasteiger partial charge on any atom is 0.0787 e. The largest absolute Gasteiger partial charge is 0.391 e. The normalized spacial score (nSPS) is 23.3. The van der Waals surface area contributed by atoms with Crippen LogP contribution in [0, 0.1) is 19.8 Å². The molecule has 1 aromatic rings. The van der Waals surface area contributed by atoms with Crippen LogP contribution in [-0.4, -0.2) is 34.2 Å². The molecule has 2 rings (SSSR count). The van der Waals surface area contributed by atoms with Gasteiger partial charge in [-0.1, -0.05) is 0 Å². The lowest BCUT2D eigenvalue weighted by molar-refractivity contribution is 0.0742. The van der Waals surface area contributed by atoms with Crippen molar-refractivity contribution in [2.24, 2.45) is 5.92 Å². The van der Waals surface area contributed by atoms with E-state index < -0.39 is 0 Å². The Hall–Kier alpha value is -0.870. The van der Waals surface area contributed by atoms with Crippen LogP contribution in [0.5, 0.6) is 0 Å². The highest BCUT2D eigenvalue weighted by molar-refractivity contribution is 5.06. The monoisotopic (exact) mass is 210 g/mol.